The lowest BCUT2D eigenvalue weighted by atomic mass is 9.90. The smallest absolute Gasteiger partial charge is 0.130 e. The topological polar surface area (TPSA) is 26.0 Å². The highest BCUT2D eigenvalue weighted by Gasteiger charge is 2.14. The van der Waals surface area contributed by atoms with Crippen molar-refractivity contribution in [3.8, 4) is 0 Å². The predicted molar refractivity (Wildman–Crippen MR) is 60.9 cm³/mol. The van der Waals surface area contributed by atoms with E-state index < -0.39 is 0 Å². The average molecular weight is 205 g/mol. The van der Waals surface area contributed by atoms with E-state index in [-0.39, 0.29) is 11.9 Å². The second-order valence-corrected chi connectivity index (χ2v) is 4.25. The maximum Gasteiger partial charge on any atom is 0.130 e. The fourth-order valence-corrected chi connectivity index (χ4v) is 1.98. The predicted octanol–water partition coefficient (Wildman–Crippen LogP) is 3.03. The van der Waals surface area contributed by atoms with Gasteiger partial charge < -0.3 is 5.73 Å². The molecular weight excluding hydrogens is 189 g/mol. The molecule has 0 bridgehead atoms. The van der Waals surface area contributed by atoms with Crippen LogP contribution in [0.25, 0.3) is 5.57 Å². The number of aryl methyl sites for hydroxylation is 1. The molecule has 15 heavy (non-hydrogen) atoms. The molecule has 0 amide bonds. The van der Waals surface area contributed by atoms with E-state index in [1.807, 2.05) is 19.1 Å². The van der Waals surface area contributed by atoms with Crippen molar-refractivity contribution in [1.29, 1.82) is 0 Å². The zero-order valence-electron chi connectivity index (χ0n) is 8.96. The van der Waals surface area contributed by atoms with E-state index in [1.54, 1.807) is 6.07 Å². The van der Waals surface area contributed by atoms with Gasteiger partial charge in [-0.3, -0.25) is 0 Å². The highest BCUT2D eigenvalue weighted by Crippen LogP contribution is 2.28. The molecule has 1 aliphatic rings. The Morgan fingerprint density at radius 3 is 2.80 bits per heavy atom. The quantitative estimate of drug-likeness (QED) is 0.749. The lowest BCUT2D eigenvalue weighted by Crippen LogP contribution is -2.21. The summed E-state index contributed by atoms with van der Waals surface area (Å²) >= 11 is 0. The fourth-order valence-electron chi connectivity index (χ4n) is 1.98. The third-order valence-electron chi connectivity index (χ3n) is 2.92. The van der Waals surface area contributed by atoms with E-state index in [1.165, 1.54) is 0 Å². The lowest BCUT2D eigenvalue weighted by molar-refractivity contribution is 0.600. The molecule has 1 atom stereocenters. The normalized spacial score (nSPS) is 21.3. The van der Waals surface area contributed by atoms with Crippen LogP contribution < -0.4 is 5.73 Å². The molecule has 0 aliphatic heterocycles. The first-order valence-electron chi connectivity index (χ1n) is 5.38. The number of nitrogens with two attached hydrogens (primary N) is 1. The van der Waals surface area contributed by atoms with Crippen molar-refractivity contribution in [2.24, 2.45) is 5.73 Å². The van der Waals surface area contributed by atoms with E-state index >= 15 is 0 Å². The summed E-state index contributed by atoms with van der Waals surface area (Å²) in [5.74, 6) is -0.114. The third kappa shape index (κ3) is 2.26. The molecule has 0 spiro atoms. The minimum absolute atomic E-state index is 0.114. The summed E-state index contributed by atoms with van der Waals surface area (Å²) in [6, 6.07) is 5.66. The highest BCUT2D eigenvalue weighted by atomic mass is 19.1. The van der Waals surface area contributed by atoms with E-state index in [0.717, 1.165) is 36.0 Å². The maximum atomic E-state index is 13.7. The zero-order valence-corrected chi connectivity index (χ0v) is 8.96. The van der Waals surface area contributed by atoms with Gasteiger partial charge in [0.1, 0.15) is 5.82 Å². The first-order chi connectivity index (χ1) is 7.16. The Bertz CT molecular complexity index is 396. The minimum Gasteiger partial charge on any atom is -0.327 e. The summed E-state index contributed by atoms with van der Waals surface area (Å²) in [7, 11) is 0. The summed E-state index contributed by atoms with van der Waals surface area (Å²) in [5.41, 5.74) is 8.61. The standard InChI is InChI=1S/C13H16FN/c1-9-2-7-12(13(14)8-9)10-3-5-11(15)6-4-10/h2-3,7-8,11H,4-6,15H2,1H3. The van der Waals surface area contributed by atoms with Crippen LogP contribution in [-0.4, -0.2) is 6.04 Å². The molecule has 1 nitrogen and oxygen atoms in total. The molecule has 80 valence electrons. The molecule has 1 aromatic rings. The van der Waals surface area contributed by atoms with Gasteiger partial charge in [-0.2, -0.15) is 0 Å². The monoisotopic (exact) mass is 205 g/mol. The summed E-state index contributed by atoms with van der Waals surface area (Å²) in [6.07, 6.45) is 4.78. The maximum absolute atomic E-state index is 13.7. The molecule has 0 aromatic heterocycles. The Hall–Kier alpha value is -1.15. The summed E-state index contributed by atoms with van der Waals surface area (Å²) < 4.78 is 13.7. The van der Waals surface area contributed by atoms with Crippen LogP contribution in [0.1, 0.15) is 30.4 Å². The van der Waals surface area contributed by atoms with E-state index in [0.29, 0.717) is 0 Å². The van der Waals surface area contributed by atoms with Crippen LogP contribution in [0.15, 0.2) is 24.3 Å². The van der Waals surface area contributed by atoms with Crippen molar-refractivity contribution in [1.82, 2.24) is 0 Å². The summed E-state index contributed by atoms with van der Waals surface area (Å²) in [5, 5.41) is 0. The number of hydrogen-bond acceptors (Lipinski definition) is 1. The lowest BCUT2D eigenvalue weighted by Gasteiger charge is -2.18. The van der Waals surface area contributed by atoms with Crippen molar-refractivity contribution in [3.63, 3.8) is 0 Å². The molecule has 0 heterocycles. The van der Waals surface area contributed by atoms with Gasteiger partial charge in [-0.25, -0.2) is 4.39 Å². The van der Waals surface area contributed by atoms with Crippen LogP contribution in [0, 0.1) is 12.7 Å². The third-order valence-corrected chi connectivity index (χ3v) is 2.92. The van der Waals surface area contributed by atoms with Crippen LogP contribution >= 0.6 is 0 Å². The molecule has 0 fully saturated rings. The minimum atomic E-state index is -0.114. The number of benzene rings is 1. The summed E-state index contributed by atoms with van der Waals surface area (Å²) in [4.78, 5) is 0. The van der Waals surface area contributed by atoms with Gasteiger partial charge in [-0.15, -0.1) is 0 Å². The number of hydrogen-bond donors (Lipinski definition) is 1. The molecule has 2 rings (SSSR count). The Morgan fingerprint density at radius 2 is 2.20 bits per heavy atom. The second kappa shape index (κ2) is 4.15. The molecule has 2 heteroatoms. The number of allylic oxidation sites excluding steroid dienone is 1. The van der Waals surface area contributed by atoms with Gasteiger partial charge in [0.25, 0.3) is 0 Å². The Kier molecular flexibility index (Phi) is 2.87. The second-order valence-electron chi connectivity index (χ2n) is 4.25. The van der Waals surface area contributed by atoms with Gasteiger partial charge >= 0.3 is 0 Å². The van der Waals surface area contributed by atoms with Crippen molar-refractivity contribution in [2.75, 3.05) is 0 Å². The van der Waals surface area contributed by atoms with Gasteiger partial charge in [-0.05, 0) is 43.4 Å². The van der Waals surface area contributed by atoms with Crippen LogP contribution in [0.5, 0.6) is 0 Å². The zero-order chi connectivity index (χ0) is 10.8. The molecule has 2 N–H and O–H groups in total. The van der Waals surface area contributed by atoms with Crippen molar-refractivity contribution in [2.45, 2.75) is 32.2 Å². The number of halogens is 1. The van der Waals surface area contributed by atoms with Gasteiger partial charge in [-0.1, -0.05) is 18.2 Å². The Morgan fingerprint density at radius 1 is 1.40 bits per heavy atom. The molecule has 1 aliphatic carbocycles. The van der Waals surface area contributed by atoms with E-state index in [4.69, 9.17) is 5.73 Å². The van der Waals surface area contributed by atoms with Gasteiger partial charge in [0, 0.05) is 11.6 Å². The van der Waals surface area contributed by atoms with Crippen molar-refractivity contribution < 1.29 is 4.39 Å². The molecule has 0 saturated carbocycles. The van der Waals surface area contributed by atoms with E-state index in [2.05, 4.69) is 6.08 Å². The average Bonchev–Trinajstić information content (AvgIpc) is 2.20. The Balaban J connectivity index is 2.30. The number of rotatable bonds is 1. The highest BCUT2D eigenvalue weighted by molar-refractivity contribution is 5.67. The largest absolute Gasteiger partial charge is 0.327 e. The van der Waals surface area contributed by atoms with Crippen molar-refractivity contribution >= 4 is 5.57 Å². The van der Waals surface area contributed by atoms with Gasteiger partial charge in [0.15, 0.2) is 0 Å². The molecular formula is C13H16FN. The summed E-state index contributed by atoms with van der Waals surface area (Å²) in [6.45, 7) is 1.90. The molecule has 1 unspecified atom stereocenters. The molecule has 1 aromatic carbocycles. The molecule has 0 saturated heterocycles. The first-order valence-corrected chi connectivity index (χ1v) is 5.38. The SMILES string of the molecule is Cc1ccc(C2=CCC(N)CC2)c(F)c1. The van der Waals surface area contributed by atoms with Crippen LogP contribution in [0.4, 0.5) is 4.39 Å². The van der Waals surface area contributed by atoms with Crippen molar-refractivity contribution in [3.05, 3.63) is 41.2 Å². The van der Waals surface area contributed by atoms with E-state index in [9.17, 15) is 4.39 Å². The molecule has 0 radical (unpaired) electrons. The van der Waals surface area contributed by atoms with Crippen LogP contribution in [-0.2, 0) is 0 Å². The van der Waals surface area contributed by atoms with Gasteiger partial charge in [0.2, 0.25) is 0 Å². The Labute approximate surface area is 89.8 Å². The van der Waals surface area contributed by atoms with Gasteiger partial charge in [0.05, 0.1) is 0 Å². The first kappa shape index (κ1) is 10.4. The van der Waals surface area contributed by atoms with Crippen LogP contribution in [0.2, 0.25) is 0 Å². The fraction of sp³-hybridized carbons (Fsp3) is 0.385. The van der Waals surface area contributed by atoms with Crippen LogP contribution in [0.3, 0.4) is 0 Å².